The van der Waals surface area contributed by atoms with Crippen LogP contribution in [0, 0.1) is 0 Å². The van der Waals surface area contributed by atoms with E-state index in [9.17, 15) is 10.2 Å². The summed E-state index contributed by atoms with van der Waals surface area (Å²) in [6.07, 6.45) is 0. The molecule has 0 bridgehead atoms. The van der Waals surface area contributed by atoms with Gasteiger partial charge in [0.25, 0.3) is 0 Å². The van der Waals surface area contributed by atoms with Gasteiger partial charge in [0.2, 0.25) is 0 Å². The van der Waals surface area contributed by atoms with Gasteiger partial charge in [-0.1, -0.05) is 24.3 Å². The van der Waals surface area contributed by atoms with Crippen LogP contribution in [0.15, 0.2) is 59.3 Å². The first-order valence-electron chi connectivity index (χ1n) is 7.20. The number of phenolic OH excluding ortho intramolecular Hbond substituents is 2. The van der Waals surface area contributed by atoms with Crippen LogP contribution in [0.1, 0.15) is 0 Å². The van der Waals surface area contributed by atoms with Crippen LogP contribution in [0.2, 0.25) is 0 Å². The lowest BCUT2D eigenvalue weighted by atomic mass is 10.1. The maximum Gasteiger partial charge on any atom is 0.152 e. The van der Waals surface area contributed by atoms with Gasteiger partial charge in [0.15, 0.2) is 10.0 Å². The molecule has 0 spiro atoms. The summed E-state index contributed by atoms with van der Waals surface area (Å²) >= 11 is 2.96. The third-order valence-corrected chi connectivity index (χ3v) is 5.38. The summed E-state index contributed by atoms with van der Waals surface area (Å²) in [4.78, 5) is 9.17. The molecule has 2 aromatic heterocycles. The summed E-state index contributed by atoms with van der Waals surface area (Å²) in [5.41, 5.74) is 2.87. The zero-order valence-corrected chi connectivity index (χ0v) is 14.0. The number of phenols is 2. The molecule has 0 atom stereocenters. The van der Waals surface area contributed by atoms with Gasteiger partial charge in [0.1, 0.15) is 11.5 Å². The summed E-state index contributed by atoms with van der Waals surface area (Å²) in [5, 5.41) is 25.3. The number of thiazole rings is 2. The Hall–Kier alpha value is -2.70. The predicted octanol–water partition coefficient (Wildman–Crippen LogP) is 5.01. The summed E-state index contributed by atoms with van der Waals surface area (Å²) in [7, 11) is 0. The molecule has 0 radical (unpaired) electrons. The van der Waals surface area contributed by atoms with Gasteiger partial charge in [0.05, 0.1) is 11.4 Å². The fourth-order valence-electron chi connectivity index (χ4n) is 2.37. The maximum absolute atomic E-state index is 9.95. The lowest BCUT2D eigenvalue weighted by molar-refractivity contribution is 0.476. The molecule has 0 unspecified atom stereocenters. The van der Waals surface area contributed by atoms with E-state index in [1.165, 1.54) is 22.7 Å². The second kappa shape index (κ2) is 6.07. The van der Waals surface area contributed by atoms with Crippen molar-refractivity contribution in [3.05, 3.63) is 59.3 Å². The highest BCUT2D eigenvalue weighted by atomic mass is 32.1. The maximum atomic E-state index is 9.95. The molecular weight excluding hydrogens is 340 g/mol. The smallest absolute Gasteiger partial charge is 0.152 e. The Balaban J connectivity index is 1.69. The van der Waals surface area contributed by atoms with E-state index in [2.05, 4.69) is 9.97 Å². The first-order valence-corrected chi connectivity index (χ1v) is 8.96. The minimum atomic E-state index is 0.211. The van der Waals surface area contributed by atoms with Crippen LogP contribution in [0.3, 0.4) is 0 Å². The van der Waals surface area contributed by atoms with Crippen molar-refractivity contribution in [1.82, 2.24) is 9.97 Å². The van der Waals surface area contributed by atoms with Crippen molar-refractivity contribution < 1.29 is 10.2 Å². The molecule has 4 aromatic rings. The van der Waals surface area contributed by atoms with Crippen LogP contribution in [0.5, 0.6) is 11.5 Å². The van der Waals surface area contributed by atoms with E-state index < -0.39 is 0 Å². The average Bonchev–Trinajstić information content (AvgIpc) is 3.25. The van der Waals surface area contributed by atoms with Crippen molar-refractivity contribution in [2.75, 3.05) is 0 Å². The molecule has 118 valence electrons. The fourth-order valence-corrected chi connectivity index (χ4v) is 4.06. The molecule has 6 heteroatoms. The topological polar surface area (TPSA) is 66.2 Å². The Bertz CT molecular complexity index is 926. The van der Waals surface area contributed by atoms with Gasteiger partial charge >= 0.3 is 0 Å². The van der Waals surface area contributed by atoms with Crippen molar-refractivity contribution in [2.45, 2.75) is 0 Å². The number of aromatic nitrogens is 2. The number of aromatic hydroxyl groups is 2. The van der Waals surface area contributed by atoms with Gasteiger partial charge in [0, 0.05) is 21.9 Å². The number of hydrogen-bond donors (Lipinski definition) is 2. The number of nitrogens with zero attached hydrogens (tertiary/aromatic N) is 2. The summed E-state index contributed by atoms with van der Waals surface area (Å²) < 4.78 is 0. The SMILES string of the molecule is Oc1ccccc1-c1csc(-c2nc(-c3ccccc3O)cs2)n1. The molecule has 0 fully saturated rings. The molecule has 24 heavy (non-hydrogen) atoms. The van der Waals surface area contributed by atoms with Crippen molar-refractivity contribution in [2.24, 2.45) is 0 Å². The van der Waals surface area contributed by atoms with E-state index in [-0.39, 0.29) is 11.5 Å². The molecule has 0 amide bonds. The first kappa shape index (κ1) is 14.9. The highest BCUT2D eigenvalue weighted by Crippen LogP contribution is 2.37. The van der Waals surface area contributed by atoms with Gasteiger partial charge in [-0.15, -0.1) is 22.7 Å². The van der Waals surface area contributed by atoms with Gasteiger partial charge in [-0.2, -0.15) is 0 Å². The summed E-state index contributed by atoms with van der Waals surface area (Å²) in [6.45, 7) is 0. The lowest BCUT2D eigenvalue weighted by Gasteiger charge is -1.99. The van der Waals surface area contributed by atoms with Gasteiger partial charge in [-0.3, -0.25) is 0 Å². The van der Waals surface area contributed by atoms with E-state index in [0.717, 1.165) is 21.4 Å². The standard InChI is InChI=1S/C18H12N2O2S2/c21-15-7-3-1-5-11(15)13-9-23-17(19-13)18-20-14(10-24-18)12-6-2-4-8-16(12)22/h1-10,21-22H. The van der Waals surface area contributed by atoms with Crippen LogP contribution in [-0.4, -0.2) is 20.2 Å². The van der Waals surface area contributed by atoms with Crippen LogP contribution in [-0.2, 0) is 0 Å². The Morgan fingerprint density at radius 2 is 1.04 bits per heavy atom. The average molecular weight is 352 g/mol. The largest absolute Gasteiger partial charge is 0.507 e. The van der Waals surface area contributed by atoms with Crippen molar-refractivity contribution >= 4 is 22.7 Å². The van der Waals surface area contributed by atoms with Gasteiger partial charge < -0.3 is 10.2 Å². The molecule has 0 aliphatic heterocycles. The van der Waals surface area contributed by atoms with E-state index in [1.54, 1.807) is 24.3 Å². The Morgan fingerprint density at radius 3 is 1.46 bits per heavy atom. The van der Waals surface area contributed by atoms with Crippen molar-refractivity contribution in [3.8, 4) is 44.0 Å². The van der Waals surface area contributed by atoms with Crippen LogP contribution < -0.4 is 0 Å². The third-order valence-electron chi connectivity index (χ3n) is 3.55. The first-order chi connectivity index (χ1) is 11.7. The van der Waals surface area contributed by atoms with E-state index in [0.29, 0.717) is 11.1 Å². The Labute approximate surface area is 146 Å². The van der Waals surface area contributed by atoms with Gasteiger partial charge in [-0.05, 0) is 24.3 Å². The van der Waals surface area contributed by atoms with E-state index >= 15 is 0 Å². The molecular formula is C18H12N2O2S2. The molecule has 2 N–H and O–H groups in total. The summed E-state index contributed by atoms with van der Waals surface area (Å²) in [5.74, 6) is 0.423. The normalized spacial score (nSPS) is 10.8. The monoisotopic (exact) mass is 352 g/mol. The molecule has 0 aliphatic carbocycles. The predicted molar refractivity (Wildman–Crippen MR) is 97.4 cm³/mol. The highest BCUT2D eigenvalue weighted by Gasteiger charge is 2.14. The number of hydrogen-bond acceptors (Lipinski definition) is 6. The minimum absolute atomic E-state index is 0.211. The van der Waals surface area contributed by atoms with E-state index in [4.69, 9.17) is 0 Å². The molecule has 2 aromatic carbocycles. The number of para-hydroxylation sites is 2. The Morgan fingerprint density at radius 1 is 0.625 bits per heavy atom. The number of benzene rings is 2. The van der Waals surface area contributed by atoms with Crippen LogP contribution in [0.4, 0.5) is 0 Å². The zero-order valence-electron chi connectivity index (χ0n) is 12.4. The second-order valence-corrected chi connectivity index (χ2v) is 6.83. The van der Waals surface area contributed by atoms with E-state index in [1.807, 2.05) is 35.0 Å². The quantitative estimate of drug-likeness (QED) is 0.544. The highest BCUT2D eigenvalue weighted by molar-refractivity contribution is 7.20. The summed E-state index contributed by atoms with van der Waals surface area (Å²) in [6, 6.07) is 14.3. The molecule has 2 heterocycles. The zero-order chi connectivity index (χ0) is 16.5. The number of rotatable bonds is 3. The van der Waals surface area contributed by atoms with Crippen molar-refractivity contribution in [1.29, 1.82) is 0 Å². The molecule has 4 rings (SSSR count). The molecule has 0 aliphatic rings. The lowest BCUT2D eigenvalue weighted by Crippen LogP contribution is -1.81. The molecule has 0 saturated heterocycles. The van der Waals surface area contributed by atoms with Crippen molar-refractivity contribution in [3.63, 3.8) is 0 Å². The van der Waals surface area contributed by atoms with Gasteiger partial charge in [-0.25, -0.2) is 9.97 Å². The minimum Gasteiger partial charge on any atom is -0.507 e. The fraction of sp³-hybridized carbons (Fsp3) is 0. The Kier molecular flexibility index (Phi) is 3.76. The third kappa shape index (κ3) is 2.66. The van der Waals surface area contributed by atoms with Crippen LogP contribution >= 0.6 is 22.7 Å². The second-order valence-electron chi connectivity index (χ2n) is 5.11. The van der Waals surface area contributed by atoms with Crippen LogP contribution in [0.25, 0.3) is 32.5 Å². The molecule has 0 saturated carbocycles. The molecule has 4 nitrogen and oxygen atoms in total.